The molecule has 30 heavy (non-hydrogen) atoms. The first-order chi connectivity index (χ1) is 14.2. The van der Waals surface area contributed by atoms with Gasteiger partial charge in [-0.1, -0.05) is 25.1 Å². The number of aryl methyl sites for hydroxylation is 2. The molecule has 3 aromatic rings. The zero-order valence-electron chi connectivity index (χ0n) is 16.5. The van der Waals surface area contributed by atoms with E-state index in [1.165, 1.54) is 35.2 Å². The number of nitriles is 1. The van der Waals surface area contributed by atoms with Gasteiger partial charge in [-0.05, 0) is 31.5 Å². The molecule has 158 valence electrons. The van der Waals surface area contributed by atoms with Crippen molar-refractivity contribution >= 4 is 49.9 Å². The number of fused-ring (bicyclic) bond motifs is 1. The van der Waals surface area contributed by atoms with Crippen LogP contribution in [0, 0.1) is 18.3 Å². The number of aromatic nitrogens is 3. The number of rotatable bonds is 9. The summed E-state index contributed by atoms with van der Waals surface area (Å²) in [5, 5.41) is 17.6. The van der Waals surface area contributed by atoms with E-state index in [9.17, 15) is 18.5 Å². The summed E-state index contributed by atoms with van der Waals surface area (Å²) in [6.07, 6.45) is 1.88. The van der Waals surface area contributed by atoms with Crippen molar-refractivity contribution in [2.24, 2.45) is 5.14 Å². The van der Waals surface area contributed by atoms with Gasteiger partial charge >= 0.3 is 0 Å². The predicted octanol–water partition coefficient (Wildman–Crippen LogP) is 3.22. The van der Waals surface area contributed by atoms with Crippen LogP contribution in [-0.2, 0) is 21.4 Å². The van der Waals surface area contributed by atoms with Gasteiger partial charge in [0.2, 0.25) is 10.0 Å². The molecule has 1 aromatic carbocycles. The van der Waals surface area contributed by atoms with Crippen molar-refractivity contribution in [1.82, 2.24) is 14.5 Å². The highest BCUT2D eigenvalue weighted by atomic mass is 32.2. The van der Waals surface area contributed by atoms with Crippen molar-refractivity contribution in [2.75, 3.05) is 5.75 Å². The quantitative estimate of drug-likeness (QED) is 0.482. The van der Waals surface area contributed by atoms with Crippen molar-refractivity contribution < 1.29 is 13.2 Å². The van der Waals surface area contributed by atoms with Crippen LogP contribution in [0.5, 0.6) is 0 Å². The van der Waals surface area contributed by atoms with Crippen LogP contribution in [0.25, 0.3) is 11.0 Å². The molecule has 0 aliphatic rings. The van der Waals surface area contributed by atoms with E-state index in [0.717, 1.165) is 24.1 Å². The number of nitrogens with zero attached hydrogens (tertiary/aromatic N) is 4. The highest BCUT2D eigenvalue weighted by Crippen LogP contribution is 2.29. The van der Waals surface area contributed by atoms with Gasteiger partial charge in [-0.25, -0.2) is 23.5 Å². The molecule has 1 atom stereocenters. The molecular weight excluding hydrogens is 442 g/mol. The summed E-state index contributed by atoms with van der Waals surface area (Å²) >= 11 is 2.54. The molecule has 2 heterocycles. The highest BCUT2D eigenvalue weighted by Gasteiger charge is 2.24. The molecule has 0 radical (unpaired) electrons. The summed E-state index contributed by atoms with van der Waals surface area (Å²) < 4.78 is 25.3. The minimum Gasteiger partial charge on any atom is -0.319 e. The Kier molecular flexibility index (Phi) is 6.92. The molecule has 0 aliphatic carbocycles. The number of primary sulfonamides is 1. The number of hydrogen-bond acceptors (Lipinski definition) is 8. The Morgan fingerprint density at radius 3 is 2.77 bits per heavy atom. The second kappa shape index (κ2) is 9.26. The van der Waals surface area contributed by atoms with Crippen LogP contribution in [0.4, 0.5) is 0 Å². The SMILES string of the molecule is CCCCn1c(SCC(=O)[C@H](C#N)c2nc(C)cs2)nc2cc(S(N)(=O)=O)ccc21. The fourth-order valence-corrected chi connectivity index (χ4v) is 5.24. The number of nitrogens with two attached hydrogens (primary N) is 1. The number of thioether (sulfide) groups is 1. The number of imidazole rings is 1. The zero-order valence-corrected chi connectivity index (χ0v) is 19.0. The van der Waals surface area contributed by atoms with Crippen molar-refractivity contribution in [3.8, 4) is 6.07 Å². The number of carbonyl (C=O) groups excluding carboxylic acids is 1. The Hall–Kier alpha value is -2.26. The van der Waals surface area contributed by atoms with Crippen molar-refractivity contribution in [2.45, 2.75) is 49.2 Å². The maximum absolute atomic E-state index is 12.7. The summed E-state index contributed by atoms with van der Waals surface area (Å²) in [6, 6.07) is 6.62. The van der Waals surface area contributed by atoms with E-state index in [1.807, 2.05) is 22.9 Å². The monoisotopic (exact) mass is 463 g/mol. The fourth-order valence-electron chi connectivity index (χ4n) is 2.90. The molecule has 0 fully saturated rings. The number of hydrogen-bond donors (Lipinski definition) is 1. The third-order valence-electron chi connectivity index (χ3n) is 4.43. The molecule has 3 rings (SSSR count). The Morgan fingerprint density at radius 1 is 1.40 bits per heavy atom. The normalized spacial score (nSPS) is 12.7. The average molecular weight is 464 g/mol. The summed E-state index contributed by atoms with van der Waals surface area (Å²) in [5.41, 5.74) is 2.06. The van der Waals surface area contributed by atoms with Crippen LogP contribution in [0.1, 0.15) is 36.4 Å². The third kappa shape index (κ3) is 4.89. The van der Waals surface area contributed by atoms with E-state index in [-0.39, 0.29) is 16.4 Å². The van der Waals surface area contributed by atoms with Crippen LogP contribution in [0.3, 0.4) is 0 Å². The molecule has 2 N–H and O–H groups in total. The van der Waals surface area contributed by atoms with Crippen LogP contribution >= 0.6 is 23.1 Å². The molecule has 0 amide bonds. The van der Waals surface area contributed by atoms with E-state index in [1.54, 1.807) is 6.07 Å². The smallest absolute Gasteiger partial charge is 0.238 e. The molecule has 0 aliphatic heterocycles. The number of unbranched alkanes of at least 4 members (excludes halogenated alkanes) is 1. The van der Waals surface area contributed by atoms with Gasteiger partial charge in [0.25, 0.3) is 0 Å². The zero-order chi connectivity index (χ0) is 21.9. The minimum atomic E-state index is -3.84. The maximum Gasteiger partial charge on any atom is 0.238 e. The Labute approximate surface area is 183 Å². The lowest BCUT2D eigenvalue weighted by atomic mass is 10.1. The number of thiazole rings is 1. The van der Waals surface area contributed by atoms with Gasteiger partial charge < -0.3 is 4.57 Å². The lowest BCUT2D eigenvalue weighted by molar-refractivity contribution is -0.116. The standard InChI is InChI=1S/C19H21N5O3S3/c1-3-4-7-24-16-6-5-13(30(21,26)27)8-15(16)23-19(24)29-11-17(25)14(9-20)18-22-12(2)10-28-18/h5-6,8,10,14H,3-4,7,11H2,1-2H3,(H2,21,26,27)/t14-/m0/s1. The van der Waals surface area contributed by atoms with Crippen molar-refractivity contribution in [1.29, 1.82) is 5.26 Å². The van der Waals surface area contributed by atoms with Gasteiger partial charge in [0.15, 0.2) is 16.9 Å². The molecule has 0 saturated heterocycles. The molecule has 8 nitrogen and oxygen atoms in total. The maximum atomic E-state index is 12.7. The van der Waals surface area contributed by atoms with E-state index in [0.29, 0.717) is 22.2 Å². The van der Waals surface area contributed by atoms with Gasteiger partial charge in [-0.15, -0.1) is 11.3 Å². The Bertz CT molecular complexity index is 1220. The first kappa shape index (κ1) is 22.4. The molecule has 0 spiro atoms. The average Bonchev–Trinajstić information content (AvgIpc) is 3.27. The first-order valence-electron chi connectivity index (χ1n) is 9.24. The van der Waals surface area contributed by atoms with Gasteiger partial charge in [-0.3, -0.25) is 4.79 Å². The van der Waals surface area contributed by atoms with Gasteiger partial charge in [0, 0.05) is 17.6 Å². The van der Waals surface area contributed by atoms with E-state index < -0.39 is 15.9 Å². The van der Waals surface area contributed by atoms with E-state index in [4.69, 9.17) is 5.14 Å². The lowest BCUT2D eigenvalue weighted by Gasteiger charge is -2.09. The Morgan fingerprint density at radius 2 is 2.17 bits per heavy atom. The first-order valence-corrected chi connectivity index (χ1v) is 12.7. The van der Waals surface area contributed by atoms with E-state index in [2.05, 4.69) is 16.9 Å². The minimum absolute atomic E-state index is 0.00791. The number of Topliss-reactive ketones (excluding diaryl/α,β-unsaturated/α-hetero) is 1. The van der Waals surface area contributed by atoms with Crippen LogP contribution in [0.15, 0.2) is 33.6 Å². The number of sulfonamides is 1. The fraction of sp³-hybridized carbons (Fsp3) is 0.368. The molecule has 0 unspecified atom stereocenters. The predicted molar refractivity (Wildman–Crippen MR) is 117 cm³/mol. The second-order valence-electron chi connectivity index (χ2n) is 6.74. The largest absolute Gasteiger partial charge is 0.319 e. The topological polar surface area (TPSA) is 132 Å². The number of benzene rings is 1. The second-order valence-corrected chi connectivity index (χ2v) is 10.1. The van der Waals surface area contributed by atoms with E-state index >= 15 is 0 Å². The van der Waals surface area contributed by atoms with Crippen LogP contribution in [-0.4, -0.2) is 34.5 Å². The molecule has 2 aromatic heterocycles. The summed E-state index contributed by atoms with van der Waals surface area (Å²) in [5.74, 6) is -1.08. The molecule has 11 heteroatoms. The Balaban J connectivity index is 1.88. The van der Waals surface area contributed by atoms with Crippen LogP contribution in [0.2, 0.25) is 0 Å². The molecule has 0 saturated carbocycles. The van der Waals surface area contributed by atoms with Gasteiger partial charge in [0.1, 0.15) is 5.01 Å². The molecule has 0 bridgehead atoms. The summed E-state index contributed by atoms with van der Waals surface area (Å²) in [6.45, 7) is 4.58. The van der Waals surface area contributed by atoms with Gasteiger partial charge in [-0.2, -0.15) is 5.26 Å². The summed E-state index contributed by atoms with van der Waals surface area (Å²) in [7, 11) is -3.84. The van der Waals surface area contributed by atoms with Crippen molar-refractivity contribution in [3.63, 3.8) is 0 Å². The highest BCUT2D eigenvalue weighted by molar-refractivity contribution is 7.99. The summed E-state index contributed by atoms with van der Waals surface area (Å²) in [4.78, 5) is 21.5. The number of ketones is 1. The van der Waals surface area contributed by atoms with Gasteiger partial charge in [0.05, 0.1) is 27.8 Å². The number of carbonyl (C=O) groups is 1. The van der Waals surface area contributed by atoms with Crippen molar-refractivity contribution in [3.05, 3.63) is 34.3 Å². The lowest BCUT2D eigenvalue weighted by Crippen LogP contribution is -2.14. The molecular formula is C19H21N5O3S3. The van der Waals surface area contributed by atoms with Crippen LogP contribution < -0.4 is 5.14 Å². The third-order valence-corrected chi connectivity index (χ3v) is 7.36.